The standard InChI is InChI=1S/C54H36BN4O/c1-34-25-28-37(29-26-34)56-44-24-14-13-23-41(44)42-31-48(58(38-18-7-3-8-19-38)39-20-9-4-10-21-39)51-50-40-22-12-11-15-35(40)27-30-46(50)59-47-33-49-45(32-43(47)55-52(42)53(51)59)57-54(60-49)36-16-5-2-6-17-36/h2-33,56H,1H3. The summed E-state index contributed by atoms with van der Waals surface area (Å²) in [5.74, 6) is 0.611. The Morgan fingerprint density at radius 3 is 2.07 bits per heavy atom. The summed E-state index contributed by atoms with van der Waals surface area (Å²) in [5, 5.41) is 8.59. The van der Waals surface area contributed by atoms with Crippen molar-refractivity contribution in [3.05, 3.63) is 200 Å². The van der Waals surface area contributed by atoms with E-state index in [0.29, 0.717) is 5.89 Å². The summed E-state index contributed by atoms with van der Waals surface area (Å²) in [4.78, 5) is 7.45. The number of benzene rings is 9. The van der Waals surface area contributed by atoms with Crippen LogP contribution in [0.4, 0.5) is 28.4 Å². The van der Waals surface area contributed by atoms with Gasteiger partial charge in [0, 0.05) is 56.4 Å². The van der Waals surface area contributed by atoms with Crippen LogP contribution in [0.15, 0.2) is 199 Å². The predicted octanol–water partition coefficient (Wildman–Crippen LogP) is 12.9. The van der Waals surface area contributed by atoms with Crippen LogP contribution in [0.3, 0.4) is 0 Å². The van der Waals surface area contributed by atoms with Crippen molar-refractivity contribution in [1.29, 1.82) is 0 Å². The fourth-order valence-corrected chi connectivity index (χ4v) is 9.12. The van der Waals surface area contributed by atoms with Gasteiger partial charge in [-0.05, 0) is 102 Å². The summed E-state index contributed by atoms with van der Waals surface area (Å²) in [6.07, 6.45) is 0. The lowest BCUT2D eigenvalue weighted by atomic mass is 9.59. The number of nitrogens with one attached hydrogen (secondary N) is 1. The number of rotatable bonds is 7. The van der Waals surface area contributed by atoms with Crippen LogP contribution in [0, 0.1) is 6.92 Å². The van der Waals surface area contributed by atoms with Crippen LogP contribution < -0.4 is 21.1 Å². The first-order valence-corrected chi connectivity index (χ1v) is 20.4. The molecule has 0 saturated heterocycles. The highest BCUT2D eigenvalue weighted by Crippen LogP contribution is 2.48. The molecule has 0 spiro atoms. The van der Waals surface area contributed by atoms with Crippen molar-refractivity contribution in [2.45, 2.75) is 6.92 Å². The first-order valence-electron chi connectivity index (χ1n) is 20.4. The van der Waals surface area contributed by atoms with E-state index in [-0.39, 0.29) is 0 Å². The van der Waals surface area contributed by atoms with Gasteiger partial charge in [0.1, 0.15) is 5.52 Å². The number of fused-ring (bicyclic) bond motifs is 8. The Bertz CT molecular complexity index is 3390. The third-order valence-corrected chi connectivity index (χ3v) is 11.9. The topological polar surface area (TPSA) is 46.2 Å². The van der Waals surface area contributed by atoms with Crippen LogP contribution in [0.25, 0.3) is 71.9 Å². The van der Waals surface area contributed by atoms with Crippen LogP contribution >= 0.6 is 0 Å². The Kier molecular flexibility index (Phi) is 7.78. The van der Waals surface area contributed by atoms with E-state index in [9.17, 15) is 0 Å². The number of hydrogen-bond donors (Lipinski definition) is 1. The molecule has 3 heterocycles. The molecule has 60 heavy (non-hydrogen) atoms. The normalized spacial score (nSPS) is 11.9. The summed E-state index contributed by atoms with van der Waals surface area (Å²) >= 11 is 0. The number of aromatic nitrogens is 2. The molecule has 1 radical (unpaired) electrons. The highest BCUT2D eigenvalue weighted by Gasteiger charge is 2.32. The molecule has 0 unspecified atom stereocenters. The van der Waals surface area contributed by atoms with Crippen LogP contribution in [-0.2, 0) is 0 Å². The Morgan fingerprint density at radius 2 is 1.30 bits per heavy atom. The third-order valence-electron chi connectivity index (χ3n) is 11.9. The Labute approximate surface area is 348 Å². The predicted molar refractivity (Wildman–Crippen MR) is 251 cm³/mol. The second kappa shape index (κ2) is 13.6. The fourth-order valence-electron chi connectivity index (χ4n) is 9.12. The molecule has 12 rings (SSSR count). The van der Waals surface area contributed by atoms with Gasteiger partial charge in [-0.3, -0.25) is 0 Å². The maximum absolute atomic E-state index is 6.56. The minimum absolute atomic E-state index is 0.611. The smallest absolute Gasteiger partial charge is 0.227 e. The molecule has 0 fully saturated rings. The maximum Gasteiger partial charge on any atom is 0.227 e. The number of hydrogen-bond acceptors (Lipinski definition) is 4. The van der Waals surface area contributed by atoms with Gasteiger partial charge in [0.15, 0.2) is 12.9 Å². The minimum atomic E-state index is 0.611. The van der Waals surface area contributed by atoms with Gasteiger partial charge in [0.25, 0.3) is 0 Å². The molecular formula is C54H36BN4O. The average molecular weight is 768 g/mol. The number of aryl methyl sites for hydroxylation is 1. The molecule has 0 bridgehead atoms. The van der Waals surface area contributed by atoms with Gasteiger partial charge in [0.05, 0.1) is 16.7 Å². The van der Waals surface area contributed by atoms with Crippen molar-refractivity contribution in [2.24, 2.45) is 0 Å². The zero-order chi connectivity index (χ0) is 39.7. The molecule has 281 valence electrons. The van der Waals surface area contributed by atoms with E-state index in [4.69, 9.17) is 9.40 Å². The SMILES string of the molecule is Cc1ccc(Nc2ccccc2-c2cc(N(c3ccccc3)c3ccccc3)c3c4c5ccccc5ccc4n4c3c2[B]c2cc3nc(-c5ccccc5)oc3cc2-4)cc1. The summed E-state index contributed by atoms with van der Waals surface area (Å²) in [6.45, 7) is 2.12. The number of oxazole rings is 1. The summed E-state index contributed by atoms with van der Waals surface area (Å²) < 4.78 is 9.03. The Balaban J connectivity index is 1.23. The van der Waals surface area contributed by atoms with E-state index in [1.165, 1.54) is 27.1 Å². The number of nitrogens with zero attached hydrogens (tertiary/aromatic N) is 3. The lowest BCUT2D eigenvalue weighted by Crippen LogP contribution is -2.37. The van der Waals surface area contributed by atoms with E-state index < -0.39 is 0 Å². The van der Waals surface area contributed by atoms with E-state index in [1.807, 2.05) is 30.3 Å². The van der Waals surface area contributed by atoms with Gasteiger partial charge in [-0.1, -0.05) is 126 Å². The third kappa shape index (κ3) is 5.45. The van der Waals surface area contributed by atoms with E-state index in [2.05, 4.69) is 193 Å². The van der Waals surface area contributed by atoms with Crippen LogP contribution in [0.5, 0.6) is 0 Å². The number of anilines is 5. The molecule has 0 amide bonds. The van der Waals surface area contributed by atoms with Crippen molar-refractivity contribution in [3.8, 4) is 28.3 Å². The zero-order valence-corrected chi connectivity index (χ0v) is 32.8. The molecule has 1 N–H and O–H groups in total. The van der Waals surface area contributed by atoms with Crippen LogP contribution in [0.2, 0.25) is 0 Å². The van der Waals surface area contributed by atoms with Crippen molar-refractivity contribution >= 4 is 90.3 Å². The Morgan fingerprint density at radius 1 is 0.617 bits per heavy atom. The molecule has 0 saturated carbocycles. The lowest BCUT2D eigenvalue weighted by Gasteiger charge is -2.30. The number of para-hydroxylation sites is 3. The molecular weight excluding hydrogens is 731 g/mol. The van der Waals surface area contributed by atoms with Gasteiger partial charge in [-0.15, -0.1) is 0 Å². The monoisotopic (exact) mass is 767 g/mol. The first-order chi connectivity index (χ1) is 29.7. The van der Waals surface area contributed by atoms with Gasteiger partial charge < -0.3 is 19.2 Å². The molecule has 6 heteroatoms. The molecule has 11 aromatic rings. The molecule has 0 aliphatic carbocycles. The van der Waals surface area contributed by atoms with Gasteiger partial charge in [0.2, 0.25) is 5.89 Å². The van der Waals surface area contributed by atoms with Crippen molar-refractivity contribution < 1.29 is 4.42 Å². The second-order valence-corrected chi connectivity index (χ2v) is 15.5. The Hall–Kier alpha value is -7.83. The first kappa shape index (κ1) is 34.2. The maximum atomic E-state index is 6.56. The molecule has 9 aromatic carbocycles. The largest absolute Gasteiger partial charge is 0.436 e. The lowest BCUT2D eigenvalue weighted by molar-refractivity contribution is 0.619. The van der Waals surface area contributed by atoms with Crippen LogP contribution in [-0.4, -0.2) is 16.8 Å². The van der Waals surface area contributed by atoms with Gasteiger partial charge in [-0.25, -0.2) is 4.98 Å². The van der Waals surface area contributed by atoms with E-state index in [0.717, 1.165) is 83.9 Å². The van der Waals surface area contributed by atoms with E-state index in [1.54, 1.807) is 0 Å². The highest BCUT2D eigenvalue weighted by atomic mass is 16.3. The fraction of sp³-hybridized carbons (Fsp3) is 0.0185. The highest BCUT2D eigenvalue weighted by molar-refractivity contribution is 6.74. The molecule has 1 aliphatic rings. The van der Waals surface area contributed by atoms with Crippen LogP contribution in [0.1, 0.15) is 5.56 Å². The minimum Gasteiger partial charge on any atom is -0.436 e. The average Bonchev–Trinajstić information content (AvgIpc) is 3.89. The van der Waals surface area contributed by atoms with Gasteiger partial charge in [-0.2, -0.15) is 0 Å². The molecule has 2 aromatic heterocycles. The molecule has 5 nitrogen and oxygen atoms in total. The van der Waals surface area contributed by atoms with Crippen molar-refractivity contribution in [3.63, 3.8) is 0 Å². The summed E-state index contributed by atoms with van der Waals surface area (Å²) in [7, 11) is 2.37. The second-order valence-electron chi connectivity index (χ2n) is 15.5. The molecule has 0 atom stereocenters. The quantitative estimate of drug-likeness (QED) is 0.164. The summed E-state index contributed by atoms with van der Waals surface area (Å²) in [5.41, 5.74) is 16.8. The van der Waals surface area contributed by atoms with Crippen molar-refractivity contribution in [1.82, 2.24) is 9.55 Å². The summed E-state index contributed by atoms with van der Waals surface area (Å²) in [6, 6.07) is 69.0. The van der Waals surface area contributed by atoms with Gasteiger partial charge >= 0.3 is 0 Å². The van der Waals surface area contributed by atoms with E-state index >= 15 is 0 Å². The van der Waals surface area contributed by atoms with Crippen molar-refractivity contribution in [2.75, 3.05) is 10.2 Å². The molecule has 1 aliphatic heterocycles. The zero-order valence-electron chi connectivity index (χ0n) is 32.8.